The summed E-state index contributed by atoms with van der Waals surface area (Å²) in [6, 6.07) is 0. The van der Waals surface area contributed by atoms with Crippen LogP contribution in [0.3, 0.4) is 0 Å². The van der Waals surface area contributed by atoms with E-state index in [2.05, 4.69) is 13.5 Å². The van der Waals surface area contributed by atoms with Crippen LogP contribution < -0.4 is 0 Å². The predicted octanol–water partition coefficient (Wildman–Crippen LogP) is 1.65. The molecule has 2 unspecified atom stereocenters. The van der Waals surface area contributed by atoms with E-state index < -0.39 is 0 Å². The average molecular weight is 130 g/mol. The molecule has 0 aromatic heterocycles. The lowest BCUT2D eigenvalue weighted by Gasteiger charge is -2.06. The van der Waals surface area contributed by atoms with Crippen LogP contribution in [0.4, 0.5) is 0 Å². The first kappa shape index (κ1) is 6.02. The lowest BCUT2D eigenvalue weighted by molar-refractivity contribution is 0.171. The van der Waals surface area contributed by atoms with E-state index in [0.717, 1.165) is 5.25 Å². The molecule has 0 N–H and O–H groups in total. The maximum atomic E-state index is 5.11. The van der Waals surface area contributed by atoms with Gasteiger partial charge in [0, 0.05) is 5.75 Å². The van der Waals surface area contributed by atoms with Gasteiger partial charge < -0.3 is 4.74 Å². The molecular formula is C6H10OS. The molecule has 2 heteroatoms. The van der Waals surface area contributed by atoms with Crippen LogP contribution in [0, 0.1) is 0 Å². The lowest BCUT2D eigenvalue weighted by atomic mass is 10.3. The third kappa shape index (κ3) is 1.44. The zero-order valence-corrected chi connectivity index (χ0v) is 5.78. The van der Waals surface area contributed by atoms with Crippen LogP contribution in [-0.2, 0) is 4.74 Å². The molecule has 1 nitrogen and oxygen atoms in total. The molecule has 1 rings (SSSR count). The Morgan fingerprint density at radius 1 is 2.00 bits per heavy atom. The zero-order chi connectivity index (χ0) is 5.98. The van der Waals surface area contributed by atoms with Crippen LogP contribution in [0.1, 0.15) is 6.92 Å². The number of rotatable bonds is 3. The van der Waals surface area contributed by atoms with Crippen molar-refractivity contribution in [3.8, 4) is 0 Å². The topological polar surface area (TPSA) is 9.23 Å². The normalized spacial score (nSPS) is 28.9. The molecule has 1 aliphatic heterocycles. The highest BCUT2D eigenvalue weighted by Gasteiger charge is 2.29. The molecule has 8 heavy (non-hydrogen) atoms. The fourth-order valence-corrected chi connectivity index (χ4v) is 1.28. The van der Waals surface area contributed by atoms with E-state index in [-0.39, 0.29) is 0 Å². The Morgan fingerprint density at radius 2 is 2.62 bits per heavy atom. The summed E-state index contributed by atoms with van der Waals surface area (Å²) in [7, 11) is 0. The molecule has 0 amide bonds. The van der Waals surface area contributed by atoms with Crippen LogP contribution in [0.2, 0.25) is 0 Å². The lowest BCUT2D eigenvalue weighted by Crippen LogP contribution is -2.09. The molecule has 0 radical (unpaired) electrons. The van der Waals surface area contributed by atoms with Crippen molar-refractivity contribution in [2.45, 2.75) is 18.3 Å². The predicted molar refractivity (Wildman–Crippen MR) is 37.0 cm³/mol. The Kier molecular flexibility index (Phi) is 1.84. The SMILES string of the molecule is C=COC(C)C1CS1. The fourth-order valence-electron chi connectivity index (χ4n) is 0.566. The van der Waals surface area contributed by atoms with E-state index >= 15 is 0 Å². The van der Waals surface area contributed by atoms with Crippen molar-refractivity contribution in [3.05, 3.63) is 12.8 Å². The second-order valence-corrected chi connectivity index (χ2v) is 3.15. The van der Waals surface area contributed by atoms with Crippen molar-refractivity contribution in [2.75, 3.05) is 5.75 Å². The van der Waals surface area contributed by atoms with Gasteiger partial charge in [-0.2, -0.15) is 11.8 Å². The van der Waals surface area contributed by atoms with Crippen molar-refractivity contribution in [1.82, 2.24) is 0 Å². The van der Waals surface area contributed by atoms with Crippen LogP contribution in [0.5, 0.6) is 0 Å². The Hall–Kier alpha value is -0.110. The largest absolute Gasteiger partial charge is 0.498 e. The average Bonchev–Trinajstić information content (AvgIpc) is 2.45. The minimum absolute atomic E-state index is 0.373. The Balaban J connectivity index is 2.12. The van der Waals surface area contributed by atoms with E-state index in [1.807, 2.05) is 11.8 Å². The molecule has 0 aromatic carbocycles. The van der Waals surface area contributed by atoms with E-state index in [1.165, 1.54) is 12.0 Å². The minimum Gasteiger partial charge on any atom is -0.498 e. The highest BCUT2D eigenvalue weighted by Crippen LogP contribution is 2.34. The summed E-state index contributed by atoms with van der Waals surface area (Å²) in [6.45, 7) is 5.56. The molecule has 2 atom stereocenters. The van der Waals surface area contributed by atoms with Crippen LogP contribution in [0.25, 0.3) is 0 Å². The van der Waals surface area contributed by atoms with Crippen molar-refractivity contribution in [1.29, 1.82) is 0 Å². The highest BCUT2D eigenvalue weighted by atomic mass is 32.2. The van der Waals surface area contributed by atoms with Gasteiger partial charge in [-0.25, -0.2) is 0 Å². The van der Waals surface area contributed by atoms with Crippen LogP contribution >= 0.6 is 11.8 Å². The summed E-state index contributed by atoms with van der Waals surface area (Å²) in [5.41, 5.74) is 0. The number of thioether (sulfide) groups is 1. The summed E-state index contributed by atoms with van der Waals surface area (Å²) >= 11 is 1.94. The monoisotopic (exact) mass is 130 g/mol. The second kappa shape index (κ2) is 2.44. The molecule has 1 saturated heterocycles. The van der Waals surface area contributed by atoms with E-state index in [4.69, 9.17) is 4.74 Å². The molecule has 0 saturated carbocycles. The standard InChI is InChI=1S/C6H10OS/c1-3-7-5(2)6-4-8-6/h3,5-6H,1,4H2,2H3. The Labute approximate surface area is 54.1 Å². The van der Waals surface area contributed by atoms with Crippen molar-refractivity contribution in [2.24, 2.45) is 0 Å². The Morgan fingerprint density at radius 3 is 3.00 bits per heavy atom. The maximum absolute atomic E-state index is 5.11. The maximum Gasteiger partial charge on any atom is 0.108 e. The van der Waals surface area contributed by atoms with Gasteiger partial charge in [0.1, 0.15) is 6.10 Å². The molecule has 0 bridgehead atoms. The van der Waals surface area contributed by atoms with E-state index in [9.17, 15) is 0 Å². The summed E-state index contributed by atoms with van der Waals surface area (Å²) < 4.78 is 5.11. The fraction of sp³-hybridized carbons (Fsp3) is 0.667. The zero-order valence-electron chi connectivity index (χ0n) is 4.96. The molecule has 1 aliphatic rings. The molecule has 0 aliphatic carbocycles. The first-order valence-electron chi connectivity index (χ1n) is 2.72. The van der Waals surface area contributed by atoms with Crippen molar-refractivity contribution >= 4 is 11.8 Å². The first-order chi connectivity index (χ1) is 3.84. The van der Waals surface area contributed by atoms with Gasteiger partial charge >= 0.3 is 0 Å². The van der Waals surface area contributed by atoms with E-state index in [1.54, 1.807) is 0 Å². The number of ether oxygens (including phenoxy) is 1. The molecule has 46 valence electrons. The van der Waals surface area contributed by atoms with Gasteiger partial charge in [0.2, 0.25) is 0 Å². The second-order valence-electron chi connectivity index (χ2n) is 1.88. The third-order valence-corrected chi connectivity index (χ3v) is 2.30. The molecule has 1 heterocycles. The van der Waals surface area contributed by atoms with Gasteiger partial charge in [0.05, 0.1) is 11.5 Å². The molecule has 0 spiro atoms. The molecular weight excluding hydrogens is 120 g/mol. The van der Waals surface area contributed by atoms with Gasteiger partial charge in [-0.3, -0.25) is 0 Å². The van der Waals surface area contributed by atoms with Crippen LogP contribution in [0.15, 0.2) is 12.8 Å². The van der Waals surface area contributed by atoms with Crippen molar-refractivity contribution < 1.29 is 4.74 Å². The van der Waals surface area contributed by atoms with Crippen LogP contribution in [-0.4, -0.2) is 17.1 Å². The van der Waals surface area contributed by atoms with Gasteiger partial charge in [0.15, 0.2) is 0 Å². The minimum atomic E-state index is 0.373. The van der Waals surface area contributed by atoms with Crippen molar-refractivity contribution in [3.63, 3.8) is 0 Å². The number of hydrogen-bond donors (Lipinski definition) is 0. The van der Waals surface area contributed by atoms with E-state index in [0.29, 0.717) is 6.10 Å². The highest BCUT2D eigenvalue weighted by molar-refractivity contribution is 8.06. The summed E-state index contributed by atoms with van der Waals surface area (Å²) in [5, 5.41) is 0.744. The summed E-state index contributed by atoms with van der Waals surface area (Å²) in [4.78, 5) is 0. The van der Waals surface area contributed by atoms with Gasteiger partial charge in [-0.15, -0.1) is 0 Å². The smallest absolute Gasteiger partial charge is 0.108 e. The Bertz CT molecular complexity index is 88.5. The molecule has 0 aromatic rings. The van der Waals surface area contributed by atoms with Gasteiger partial charge in [0.25, 0.3) is 0 Å². The first-order valence-corrected chi connectivity index (χ1v) is 3.77. The van der Waals surface area contributed by atoms with Gasteiger partial charge in [-0.05, 0) is 6.92 Å². The number of hydrogen-bond acceptors (Lipinski definition) is 2. The summed E-state index contributed by atoms with van der Waals surface area (Å²) in [6.07, 6.45) is 1.89. The third-order valence-electron chi connectivity index (χ3n) is 1.19. The van der Waals surface area contributed by atoms with Gasteiger partial charge in [-0.1, -0.05) is 6.58 Å². The quantitative estimate of drug-likeness (QED) is 0.424. The molecule has 1 fully saturated rings. The summed E-state index contributed by atoms with van der Waals surface area (Å²) in [5.74, 6) is 1.26.